The van der Waals surface area contributed by atoms with E-state index in [0.717, 1.165) is 6.54 Å². The Morgan fingerprint density at radius 1 is 1.91 bits per heavy atom. The second-order valence-corrected chi connectivity index (χ2v) is 2.39. The molecule has 0 amide bonds. The molecule has 0 saturated carbocycles. The Morgan fingerprint density at radius 2 is 2.64 bits per heavy atom. The molecule has 1 atom stereocenters. The van der Waals surface area contributed by atoms with Gasteiger partial charge in [0.1, 0.15) is 0 Å². The van der Waals surface area contributed by atoms with Gasteiger partial charge in [0.2, 0.25) is 0 Å². The van der Waals surface area contributed by atoms with Crippen LogP contribution in [0.25, 0.3) is 0 Å². The lowest BCUT2D eigenvalue weighted by Gasteiger charge is -2.11. The first kappa shape index (κ1) is 8.04. The largest absolute Gasteiger partial charge is 0.467 e. The maximum atomic E-state index is 10.9. The van der Waals surface area contributed by atoms with Crippen molar-refractivity contribution >= 4 is 12.3 Å². The van der Waals surface area contributed by atoms with Crippen LogP contribution in [0.1, 0.15) is 6.92 Å². The van der Waals surface area contributed by atoms with E-state index in [-0.39, 0.29) is 12.0 Å². The number of ether oxygens (including phenoxy) is 1. The van der Waals surface area contributed by atoms with E-state index in [4.69, 9.17) is 0 Å². The fourth-order valence-electron chi connectivity index (χ4n) is 0.973. The Labute approximate surface area is 65.9 Å². The van der Waals surface area contributed by atoms with Crippen LogP contribution < -0.4 is 0 Å². The molecule has 0 aromatic rings. The Balaban J connectivity index is 2.43. The topological polar surface area (TPSA) is 41.9 Å². The van der Waals surface area contributed by atoms with Crippen LogP contribution in [-0.2, 0) is 9.53 Å². The summed E-state index contributed by atoms with van der Waals surface area (Å²) in [6, 6.07) is -0.306. The lowest BCUT2D eigenvalue weighted by Crippen LogP contribution is -2.28. The molecule has 4 nitrogen and oxygen atoms in total. The number of hydrogen-bond acceptors (Lipinski definition) is 4. The molecule has 0 N–H and O–H groups in total. The summed E-state index contributed by atoms with van der Waals surface area (Å²) in [5.74, 6) is -0.253. The van der Waals surface area contributed by atoms with Crippen LogP contribution in [0.3, 0.4) is 0 Å². The minimum absolute atomic E-state index is 0.253. The molecule has 0 bridgehead atoms. The molecule has 62 valence electrons. The van der Waals surface area contributed by atoms with Crippen molar-refractivity contribution < 1.29 is 9.53 Å². The average molecular weight is 156 g/mol. The van der Waals surface area contributed by atoms with E-state index in [2.05, 4.69) is 9.73 Å². The van der Waals surface area contributed by atoms with Crippen LogP contribution in [0.2, 0.25) is 0 Å². The van der Waals surface area contributed by atoms with Gasteiger partial charge in [0, 0.05) is 6.54 Å². The van der Waals surface area contributed by atoms with Gasteiger partial charge in [-0.15, -0.1) is 0 Å². The summed E-state index contributed by atoms with van der Waals surface area (Å²) in [5, 5.41) is 0. The SMILES string of the molecule is CCN1C=NC(C(=O)OC)C1. The van der Waals surface area contributed by atoms with E-state index in [1.807, 2.05) is 11.8 Å². The Kier molecular flexibility index (Phi) is 2.46. The van der Waals surface area contributed by atoms with E-state index >= 15 is 0 Å². The molecular formula is C7H12N2O2. The molecule has 1 aliphatic heterocycles. The fraction of sp³-hybridized carbons (Fsp3) is 0.714. The van der Waals surface area contributed by atoms with Crippen LogP contribution in [0, 0.1) is 0 Å². The number of likely N-dealkylation sites (N-methyl/N-ethyl adjacent to an activating group) is 1. The van der Waals surface area contributed by atoms with Crippen molar-refractivity contribution in [2.24, 2.45) is 4.99 Å². The highest BCUT2D eigenvalue weighted by atomic mass is 16.5. The minimum Gasteiger partial charge on any atom is -0.467 e. The molecule has 0 aromatic heterocycles. The van der Waals surface area contributed by atoms with Gasteiger partial charge in [-0.2, -0.15) is 0 Å². The number of nitrogens with zero attached hydrogens (tertiary/aromatic N) is 2. The van der Waals surface area contributed by atoms with E-state index < -0.39 is 0 Å². The van der Waals surface area contributed by atoms with Crippen molar-refractivity contribution in [2.75, 3.05) is 20.2 Å². The first-order chi connectivity index (χ1) is 5.27. The number of carbonyl (C=O) groups excluding carboxylic acids is 1. The van der Waals surface area contributed by atoms with Gasteiger partial charge in [0.05, 0.1) is 20.0 Å². The van der Waals surface area contributed by atoms with Crippen molar-refractivity contribution in [3.05, 3.63) is 0 Å². The molecule has 4 heteroatoms. The zero-order valence-electron chi connectivity index (χ0n) is 6.78. The van der Waals surface area contributed by atoms with Gasteiger partial charge in [-0.25, -0.2) is 4.79 Å². The molecule has 1 rings (SSSR count). The molecule has 0 aliphatic carbocycles. The summed E-state index contributed by atoms with van der Waals surface area (Å²) >= 11 is 0. The summed E-state index contributed by atoms with van der Waals surface area (Å²) in [5.41, 5.74) is 0. The third-order valence-electron chi connectivity index (χ3n) is 1.70. The summed E-state index contributed by atoms with van der Waals surface area (Å²) in [7, 11) is 1.38. The highest BCUT2D eigenvalue weighted by molar-refractivity contribution is 5.80. The third kappa shape index (κ3) is 1.69. The summed E-state index contributed by atoms with van der Waals surface area (Å²) in [4.78, 5) is 16.9. The predicted molar refractivity (Wildman–Crippen MR) is 41.5 cm³/mol. The molecule has 0 saturated heterocycles. The number of rotatable bonds is 2. The Hall–Kier alpha value is -1.06. The van der Waals surface area contributed by atoms with Gasteiger partial charge in [0.15, 0.2) is 6.04 Å². The van der Waals surface area contributed by atoms with Gasteiger partial charge in [-0.05, 0) is 6.92 Å². The first-order valence-corrected chi connectivity index (χ1v) is 3.63. The van der Waals surface area contributed by atoms with Crippen LogP contribution >= 0.6 is 0 Å². The number of carbonyl (C=O) groups is 1. The second kappa shape index (κ2) is 3.37. The van der Waals surface area contributed by atoms with Crippen LogP contribution in [-0.4, -0.2) is 43.4 Å². The first-order valence-electron chi connectivity index (χ1n) is 3.63. The molecule has 0 spiro atoms. The van der Waals surface area contributed by atoms with E-state index in [9.17, 15) is 4.79 Å². The molecule has 1 unspecified atom stereocenters. The molecule has 0 radical (unpaired) electrons. The maximum absolute atomic E-state index is 10.9. The summed E-state index contributed by atoms with van der Waals surface area (Å²) in [6.45, 7) is 3.56. The van der Waals surface area contributed by atoms with Gasteiger partial charge in [-0.3, -0.25) is 4.99 Å². The van der Waals surface area contributed by atoms with Crippen LogP contribution in [0.15, 0.2) is 4.99 Å². The molecule has 11 heavy (non-hydrogen) atoms. The summed E-state index contributed by atoms with van der Waals surface area (Å²) < 4.78 is 4.55. The van der Waals surface area contributed by atoms with E-state index in [1.54, 1.807) is 6.34 Å². The molecule has 1 heterocycles. The fourth-order valence-corrected chi connectivity index (χ4v) is 0.973. The zero-order valence-corrected chi connectivity index (χ0v) is 6.78. The average Bonchev–Trinajstić information content (AvgIpc) is 2.50. The zero-order chi connectivity index (χ0) is 8.27. The van der Waals surface area contributed by atoms with Crippen molar-refractivity contribution in [1.82, 2.24) is 4.90 Å². The minimum atomic E-state index is -0.306. The van der Waals surface area contributed by atoms with Crippen LogP contribution in [0.5, 0.6) is 0 Å². The van der Waals surface area contributed by atoms with Gasteiger partial charge in [-0.1, -0.05) is 0 Å². The molecule has 0 aromatic carbocycles. The lowest BCUT2D eigenvalue weighted by atomic mass is 10.3. The highest BCUT2D eigenvalue weighted by Crippen LogP contribution is 2.03. The third-order valence-corrected chi connectivity index (χ3v) is 1.70. The van der Waals surface area contributed by atoms with E-state index in [1.165, 1.54) is 7.11 Å². The Morgan fingerprint density at radius 3 is 3.09 bits per heavy atom. The highest BCUT2D eigenvalue weighted by Gasteiger charge is 2.23. The molecule has 0 fully saturated rings. The Bertz CT molecular complexity index is 179. The number of aliphatic imine (C=N–C) groups is 1. The second-order valence-electron chi connectivity index (χ2n) is 2.39. The van der Waals surface area contributed by atoms with Crippen molar-refractivity contribution in [1.29, 1.82) is 0 Å². The standard InChI is InChI=1S/C7H12N2O2/c1-3-9-4-6(8-5-9)7(10)11-2/h5-6H,3-4H2,1-2H3. The quantitative estimate of drug-likeness (QED) is 0.524. The van der Waals surface area contributed by atoms with Crippen molar-refractivity contribution in [3.63, 3.8) is 0 Å². The monoisotopic (exact) mass is 156 g/mol. The predicted octanol–water partition coefficient (Wildman–Crippen LogP) is -0.108. The molecular weight excluding hydrogens is 144 g/mol. The van der Waals surface area contributed by atoms with E-state index in [0.29, 0.717) is 6.54 Å². The maximum Gasteiger partial charge on any atom is 0.332 e. The van der Waals surface area contributed by atoms with Crippen molar-refractivity contribution in [3.8, 4) is 0 Å². The number of hydrogen-bond donors (Lipinski definition) is 0. The lowest BCUT2D eigenvalue weighted by molar-refractivity contribution is -0.141. The number of esters is 1. The smallest absolute Gasteiger partial charge is 0.332 e. The normalized spacial score (nSPS) is 22.4. The van der Waals surface area contributed by atoms with Gasteiger partial charge >= 0.3 is 5.97 Å². The number of methoxy groups -OCH3 is 1. The van der Waals surface area contributed by atoms with Gasteiger partial charge < -0.3 is 9.64 Å². The van der Waals surface area contributed by atoms with Crippen molar-refractivity contribution in [2.45, 2.75) is 13.0 Å². The van der Waals surface area contributed by atoms with Gasteiger partial charge in [0.25, 0.3) is 0 Å². The summed E-state index contributed by atoms with van der Waals surface area (Å²) in [6.07, 6.45) is 1.70. The van der Waals surface area contributed by atoms with Crippen LogP contribution in [0.4, 0.5) is 0 Å². The molecule has 1 aliphatic rings.